The van der Waals surface area contributed by atoms with Gasteiger partial charge >= 0.3 is 5.97 Å². The summed E-state index contributed by atoms with van der Waals surface area (Å²) in [4.78, 5) is 29.6. The second kappa shape index (κ2) is 11.8. The Morgan fingerprint density at radius 1 is 0.977 bits per heavy atom. The number of nitrogens with zero attached hydrogens (tertiary/aromatic N) is 2. The van der Waals surface area contributed by atoms with Crippen LogP contribution in [0.15, 0.2) is 83.5 Å². The lowest BCUT2D eigenvalue weighted by Gasteiger charge is -2.21. The van der Waals surface area contributed by atoms with Crippen molar-refractivity contribution in [1.29, 1.82) is 0 Å². The molecule has 2 heterocycles. The van der Waals surface area contributed by atoms with E-state index in [-0.39, 0.29) is 17.4 Å². The molecule has 3 aromatic carbocycles. The van der Waals surface area contributed by atoms with Crippen LogP contribution in [0, 0.1) is 13.8 Å². The summed E-state index contributed by atoms with van der Waals surface area (Å²) in [7, 11) is 0. The van der Waals surface area contributed by atoms with Gasteiger partial charge in [-0.25, -0.2) is 9.78 Å². The lowest BCUT2D eigenvalue weighted by molar-refractivity contribution is 0.0697. The van der Waals surface area contributed by atoms with Crippen LogP contribution in [0.25, 0.3) is 22.0 Å². The van der Waals surface area contributed by atoms with Crippen molar-refractivity contribution in [3.05, 3.63) is 123 Å². The summed E-state index contributed by atoms with van der Waals surface area (Å²) in [6.45, 7) is 13.1. The van der Waals surface area contributed by atoms with Gasteiger partial charge in [0.05, 0.1) is 17.3 Å². The molecule has 0 aliphatic carbocycles. The highest BCUT2D eigenvalue weighted by Crippen LogP contribution is 2.32. The monoisotopic (exact) mass is 637 g/mol. The molecular formula is C36H36BrN3O3. The second-order valence-electron chi connectivity index (χ2n) is 12.1. The summed E-state index contributed by atoms with van der Waals surface area (Å²) < 4.78 is 2.99. The van der Waals surface area contributed by atoms with E-state index in [2.05, 4.69) is 77.5 Å². The Balaban J connectivity index is 1.40. The van der Waals surface area contributed by atoms with Crippen LogP contribution >= 0.6 is 15.9 Å². The summed E-state index contributed by atoms with van der Waals surface area (Å²) in [5, 5.41) is 13.9. The minimum absolute atomic E-state index is 0.0914. The fraction of sp³-hybridized carbons (Fsp3) is 0.250. The van der Waals surface area contributed by atoms with Crippen LogP contribution in [0.3, 0.4) is 0 Å². The molecule has 0 fully saturated rings. The first kappa shape index (κ1) is 30.2. The van der Waals surface area contributed by atoms with Crippen LogP contribution in [-0.2, 0) is 12.0 Å². The quantitative estimate of drug-likeness (QED) is 0.175. The highest BCUT2D eigenvalue weighted by molar-refractivity contribution is 9.10. The number of benzene rings is 3. The number of hydrogen-bond acceptors (Lipinski definition) is 3. The summed E-state index contributed by atoms with van der Waals surface area (Å²) >= 11 is 3.39. The number of halogens is 1. The van der Waals surface area contributed by atoms with E-state index in [1.165, 1.54) is 0 Å². The van der Waals surface area contributed by atoms with Gasteiger partial charge in [-0.3, -0.25) is 4.79 Å². The Bertz CT molecular complexity index is 1850. The molecule has 2 aromatic heterocycles. The maximum absolute atomic E-state index is 13.1. The number of pyridine rings is 1. The SMILES string of the molecule is Cc1c(C)n(Cc2ccc(-c3cc(C(C)(C)C)ccc3C(=O)O)cc2)c2ccc(C(=O)NC(C)c3cccc(Br)n3)cc12. The maximum Gasteiger partial charge on any atom is 0.336 e. The fourth-order valence-corrected chi connectivity index (χ4v) is 5.78. The first-order valence-electron chi connectivity index (χ1n) is 14.3. The third-order valence-electron chi connectivity index (χ3n) is 8.15. The molecule has 0 spiro atoms. The number of carboxylic acids is 1. The minimum Gasteiger partial charge on any atom is -0.478 e. The third kappa shape index (κ3) is 6.27. The van der Waals surface area contributed by atoms with Crippen LogP contribution in [0.2, 0.25) is 0 Å². The van der Waals surface area contributed by atoms with Crippen LogP contribution in [0.4, 0.5) is 0 Å². The normalized spacial score (nSPS) is 12.3. The van der Waals surface area contributed by atoms with Gasteiger partial charge in [-0.15, -0.1) is 0 Å². The van der Waals surface area contributed by atoms with Gasteiger partial charge < -0.3 is 15.0 Å². The van der Waals surface area contributed by atoms with E-state index in [0.29, 0.717) is 17.7 Å². The van der Waals surface area contributed by atoms with E-state index in [4.69, 9.17) is 0 Å². The molecular weight excluding hydrogens is 602 g/mol. The highest BCUT2D eigenvalue weighted by atomic mass is 79.9. The summed E-state index contributed by atoms with van der Waals surface area (Å²) in [5.74, 6) is -1.08. The van der Waals surface area contributed by atoms with Crippen molar-refractivity contribution < 1.29 is 14.7 Å². The molecule has 0 radical (unpaired) electrons. The fourth-order valence-electron chi connectivity index (χ4n) is 5.42. The van der Waals surface area contributed by atoms with Gasteiger partial charge in [0.15, 0.2) is 0 Å². The van der Waals surface area contributed by atoms with Gasteiger partial charge in [0, 0.05) is 28.7 Å². The van der Waals surface area contributed by atoms with Crippen molar-refractivity contribution in [2.75, 3.05) is 0 Å². The lowest BCUT2D eigenvalue weighted by Crippen LogP contribution is -2.27. The summed E-state index contributed by atoms with van der Waals surface area (Å²) in [6, 6.07) is 25.0. The first-order valence-corrected chi connectivity index (χ1v) is 15.1. The number of fused-ring (bicyclic) bond motifs is 1. The summed E-state index contributed by atoms with van der Waals surface area (Å²) in [5.41, 5.74) is 8.71. The van der Waals surface area contributed by atoms with Gasteiger partial charge in [-0.1, -0.05) is 57.2 Å². The minimum atomic E-state index is -0.934. The zero-order valence-electron chi connectivity index (χ0n) is 25.3. The molecule has 5 aromatic rings. The first-order chi connectivity index (χ1) is 20.3. The zero-order chi connectivity index (χ0) is 31.1. The van der Waals surface area contributed by atoms with E-state index >= 15 is 0 Å². The number of carbonyl (C=O) groups excluding carboxylic acids is 1. The van der Waals surface area contributed by atoms with Crippen LogP contribution < -0.4 is 5.32 Å². The topological polar surface area (TPSA) is 84.2 Å². The molecule has 5 rings (SSSR count). The Hall–Kier alpha value is -4.23. The van der Waals surface area contributed by atoms with Crippen molar-refractivity contribution in [2.45, 2.75) is 59.5 Å². The number of carboxylic acid groups (broad SMARTS) is 1. The predicted octanol–water partition coefficient (Wildman–Crippen LogP) is 8.62. The van der Waals surface area contributed by atoms with Gasteiger partial charge in [0.1, 0.15) is 4.60 Å². The number of rotatable bonds is 7. The molecule has 43 heavy (non-hydrogen) atoms. The van der Waals surface area contributed by atoms with Crippen LogP contribution in [-0.4, -0.2) is 26.5 Å². The van der Waals surface area contributed by atoms with Gasteiger partial charge in [-0.2, -0.15) is 0 Å². The Labute approximate surface area is 260 Å². The number of carbonyl (C=O) groups is 2. The number of hydrogen-bond donors (Lipinski definition) is 2. The van der Waals surface area contributed by atoms with Gasteiger partial charge in [0.25, 0.3) is 5.91 Å². The molecule has 0 saturated heterocycles. The summed E-state index contributed by atoms with van der Waals surface area (Å²) in [6.07, 6.45) is 0. The number of aromatic carboxylic acids is 1. The number of amides is 1. The standard InChI is InChI=1S/C36H36BrN3O3/c1-21-23(3)40(32-17-14-26(18-29(21)32)34(41)38-22(2)31-8-7-9-33(37)39-31)20-24-10-12-25(13-11-24)30-19-27(36(4,5)6)15-16-28(30)35(42)43/h7-19,22H,20H2,1-6H3,(H,38,41)(H,42,43). The average Bonchev–Trinajstić information content (AvgIpc) is 3.20. The number of aryl methyl sites for hydroxylation is 1. The highest BCUT2D eigenvalue weighted by Gasteiger charge is 2.20. The molecule has 220 valence electrons. The van der Waals surface area contributed by atoms with Crippen molar-refractivity contribution >= 4 is 38.7 Å². The average molecular weight is 639 g/mol. The van der Waals surface area contributed by atoms with Crippen LogP contribution in [0.5, 0.6) is 0 Å². The Morgan fingerprint density at radius 3 is 2.35 bits per heavy atom. The number of aromatic nitrogens is 2. The Kier molecular flexibility index (Phi) is 8.30. The molecule has 1 unspecified atom stereocenters. The molecule has 0 aliphatic heterocycles. The molecule has 6 nitrogen and oxygen atoms in total. The maximum atomic E-state index is 13.1. The van der Waals surface area contributed by atoms with Crippen molar-refractivity contribution in [1.82, 2.24) is 14.9 Å². The van der Waals surface area contributed by atoms with E-state index in [9.17, 15) is 14.7 Å². The molecule has 7 heteroatoms. The molecule has 0 bridgehead atoms. The van der Waals surface area contributed by atoms with E-state index in [0.717, 1.165) is 54.7 Å². The third-order valence-corrected chi connectivity index (χ3v) is 8.59. The van der Waals surface area contributed by atoms with E-state index in [1.807, 2.05) is 67.6 Å². The smallest absolute Gasteiger partial charge is 0.336 e. The van der Waals surface area contributed by atoms with E-state index < -0.39 is 5.97 Å². The molecule has 1 atom stereocenters. The van der Waals surface area contributed by atoms with Crippen molar-refractivity contribution in [3.8, 4) is 11.1 Å². The van der Waals surface area contributed by atoms with Crippen molar-refractivity contribution in [2.24, 2.45) is 0 Å². The predicted molar refractivity (Wildman–Crippen MR) is 176 cm³/mol. The Morgan fingerprint density at radius 2 is 1.70 bits per heavy atom. The second-order valence-corrected chi connectivity index (χ2v) is 12.9. The molecule has 1 amide bonds. The molecule has 0 saturated carbocycles. The van der Waals surface area contributed by atoms with E-state index in [1.54, 1.807) is 6.07 Å². The zero-order valence-corrected chi connectivity index (χ0v) is 26.9. The molecule has 2 N–H and O–H groups in total. The van der Waals surface area contributed by atoms with Gasteiger partial charge in [0.2, 0.25) is 0 Å². The molecule has 0 aliphatic rings. The van der Waals surface area contributed by atoms with Crippen molar-refractivity contribution in [3.63, 3.8) is 0 Å². The number of nitrogens with one attached hydrogen (secondary N) is 1. The largest absolute Gasteiger partial charge is 0.478 e. The van der Waals surface area contributed by atoms with Gasteiger partial charge in [-0.05, 0) is 112 Å². The van der Waals surface area contributed by atoms with Crippen LogP contribution in [0.1, 0.15) is 82.5 Å². The lowest BCUT2D eigenvalue weighted by atomic mass is 9.84.